The molecule has 0 bridgehead atoms. The third-order valence-electron chi connectivity index (χ3n) is 4.10. The molecule has 23 heavy (non-hydrogen) atoms. The molecule has 0 saturated heterocycles. The molecule has 0 aromatic heterocycles. The van der Waals surface area contributed by atoms with E-state index >= 15 is 0 Å². The Morgan fingerprint density at radius 1 is 1.00 bits per heavy atom. The molecule has 0 aliphatic heterocycles. The van der Waals surface area contributed by atoms with Crippen LogP contribution in [0.3, 0.4) is 0 Å². The van der Waals surface area contributed by atoms with Crippen LogP contribution in [0.2, 0.25) is 0 Å². The van der Waals surface area contributed by atoms with Gasteiger partial charge in [0.1, 0.15) is 12.1 Å². The van der Waals surface area contributed by atoms with Crippen LogP contribution in [-0.4, -0.2) is 46.8 Å². The van der Waals surface area contributed by atoms with Crippen molar-refractivity contribution in [3.8, 4) is 0 Å². The van der Waals surface area contributed by atoms with Gasteiger partial charge in [0.15, 0.2) is 0 Å². The normalized spacial score (nSPS) is 17.5. The van der Waals surface area contributed by atoms with E-state index in [0.717, 1.165) is 0 Å². The molecule has 0 saturated carbocycles. The Labute approximate surface area is 143 Å². The van der Waals surface area contributed by atoms with Crippen molar-refractivity contribution < 1.29 is 19.5 Å². The molecule has 0 aliphatic carbocycles. The van der Waals surface area contributed by atoms with Gasteiger partial charge in [0.05, 0.1) is 6.04 Å². The molecule has 5 unspecified atom stereocenters. The second-order valence-electron chi connectivity index (χ2n) is 5.87. The summed E-state index contributed by atoms with van der Waals surface area (Å²) in [4.78, 5) is 35.8. The van der Waals surface area contributed by atoms with Crippen LogP contribution in [0.25, 0.3) is 0 Å². The Morgan fingerprint density at radius 3 is 1.83 bits per heavy atom. The first-order valence-electron chi connectivity index (χ1n) is 7.89. The van der Waals surface area contributed by atoms with Crippen LogP contribution in [0.1, 0.15) is 40.5 Å². The Morgan fingerprint density at radius 2 is 1.43 bits per heavy atom. The summed E-state index contributed by atoms with van der Waals surface area (Å²) >= 11 is 3.96. The standard InChI is InChI=1S/C15H29N3O4S/c1-5-8(3)11(17-13(19)10(16)7-23)14(20)18-12(15(21)22)9(4)6-2/h8-12,23H,5-7,16H2,1-4H3,(H,17,19)(H,18,20)(H,21,22). The van der Waals surface area contributed by atoms with E-state index in [4.69, 9.17) is 5.73 Å². The third kappa shape index (κ3) is 6.78. The number of carbonyl (C=O) groups excluding carboxylic acids is 2. The maximum Gasteiger partial charge on any atom is 0.326 e. The zero-order valence-corrected chi connectivity index (χ0v) is 15.1. The highest BCUT2D eigenvalue weighted by molar-refractivity contribution is 7.80. The average molecular weight is 347 g/mol. The molecule has 0 spiro atoms. The van der Waals surface area contributed by atoms with Gasteiger partial charge in [0.2, 0.25) is 11.8 Å². The van der Waals surface area contributed by atoms with E-state index in [9.17, 15) is 19.5 Å². The number of hydrogen-bond donors (Lipinski definition) is 5. The smallest absolute Gasteiger partial charge is 0.326 e. The molecule has 0 fully saturated rings. The molecule has 5 N–H and O–H groups in total. The van der Waals surface area contributed by atoms with Gasteiger partial charge in [0, 0.05) is 5.75 Å². The zero-order valence-electron chi connectivity index (χ0n) is 14.2. The van der Waals surface area contributed by atoms with Crippen LogP contribution < -0.4 is 16.4 Å². The number of amides is 2. The summed E-state index contributed by atoms with van der Waals surface area (Å²) in [5.41, 5.74) is 5.61. The molecule has 0 radical (unpaired) electrons. The molecule has 5 atom stereocenters. The Bertz CT molecular complexity index is 420. The quantitative estimate of drug-likeness (QED) is 0.366. The summed E-state index contributed by atoms with van der Waals surface area (Å²) in [5.74, 6) is -2.29. The molecule has 134 valence electrons. The first-order valence-corrected chi connectivity index (χ1v) is 8.52. The Hall–Kier alpha value is -1.28. The number of carbonyl (C=O) groups is 3. The highest BCUT2D eigenvalue weighted by Crippen LogP contribution is 2.12. The topological polar surface area (TPSA) is 122 Å². The summed E-state index contributed by atoms with van der Waals surface area (Å²) in [5, 5.41) is 14.4. The van der Waals surface area contributed by atoms with E-state index in [-0.39, 0.29) is 17.6 Å². The molecule has 7 nitrogen and oxygen atoms in total. The van der Waals surface area contributed by atoms with Crippen molar-refractivity contribution in [2.45, 2.75) is 58.7 Å². The van der Waals surface area contributed by atoms with Gasteiger partial charge < -0.3 is 21.5 Å². The summed E-state index contributed by atoms with van der Waals surface area (Å²) in [6.45, 7) is 7.31. The lowest BCUT2D eigenvalue weighted by Gasteiger charge is -2.28. The molecule has 0 heterocycles. The molecular formula is C15H29N3O4S. The van der Waals surface area contributed by atoms with Gasteiger partial charge in [-0.25, -0.2) is 4.79 Å². The molecule has 0 aromatic rings. The minimum absolute atomic E-state index is 0.155. The minimum atomic E-state index is -1.09. The van der Waals surface area contributed by atoms with Crippen LogP contribution in [0.5, 0.6) is 0 Å². The number of carboxylic acids is 1. The van der Waals surface area contributed by atoms with E-state index < -0.39 is 35.9 Å². The number of rotatable bonds is 10. The molecule has 0 rings (SSSR count). The lowest BCUT2D eigenvalue weighted by Crippen LogP contribution is -2.57. The van der Waals surface area contributed by atoms with Crippen molar-refractivity contribution in [2.24, 2.45) is 17.6 Å². The second-order valence-corrected chi connectivity index (χ2v) is 6.24. The van der Waals surface area contributed by atoms with Crippen molar-refractivity contribution >= 4 is 30.4 Å². The largest absolute Gasteiger partial charge is 0.480 e. The van der Waals surface area contributed by atoms with Crippen molar-refractivity contribution in [1.29, 1.82) is 0 Å². The van der Waals surface area contributed by atoms with Crippen molar-refractivity contribution in [3.05, 3.63) is 0 Å². The minimum Gasteiger partial charge on any atom is -0.480 e. The number of hydrogen-bond acceptors (Lipinski definition) is 5. The van der Waals surface area contributed by atoms with Crippen molar-refractivity contribution in [2.75, 3.05) is 5.75 Å². The summed E-state index contributed by atoms with van der Waals surface area (Å²) < 4.78 is 0. The van der Waals surface area contributed by atoms with E-state index in [1.54, 1.807) is 6.92 Å². The van der Waals surface area contributed by atoms with Crippen LogP contribution in [0.15, 0.2) is 0 Å². The number of carboxylic acid groups (broad SMARTS) is 1. The molecular weight excluding hydrogens is 318 g/mol. The zero-order chi connectivity index (χ0) is 18.2. The maximum absolute atomic E-state index is 12.5. The summed E-state index contributed by atoms with van der Waals surface area (Å²) in [7, 11) is 0. The number of nitrogens with two attached hydrogens (primary N) is 1. The van der Waals surface area contributed by atoms with Gasteiger partial charge in [-0.2, -0.15) is 12.6 Å². The molecule has 8 heteroatoms. The fourth-order valence-corrected chi connectivity index (χ4v) is 2.14. The van der Waals surface area contributed by atoms with Gasteiger partial charge in [-0.05, 0) is 11.8 Å². The van der Waals surface area contributed by atoms with Crippen molar-refractivity contribution in [3.63, 3.8) is 0 Å². The highest BCUT2D eigenvalue weighted by atomic mass is 32.1. The number of thiol groups is 1. The summed E-state index contributed by atoms with van der Waals surface area (Å²) in [6, 6.07) is -2.64. The van der Waals surface area contributed by atoms with Crippen LogP contribution >= 0.6 is 12.6 Å². The van der Waals surface area contributed by atoms with Crippen LogP contribution in [0, 0.1) is 11.8 Å². The van der Waals surface area contributed by atoms with Crippen LogP contribution in [-0.2, 0) is 14.4 Å². The lowest BCUT2D eigenvalue weighted by molar-refractivity contribution is -0.144. The molecule has 0 aromatic carbocycles. The van der Waals surface area contributed by atoms with Gasteiger partial charge in [-0.3, -0.25) is 9.59 Å². The fourth-order valence-electron chi connectivity index (χ4n) is 1.97. The maximum atomic E-state index is 12.5. The van der Waals surface area contributed by atoms with Gasteiger partial charge in [-0.15, -0.1) is 0 Å². The Kier molecular flexibility index (Phi) is 9.90. The first-order chi connectivity index (χ1) is 10.7. The van der Waals surface area contributed by atoms with E-state index in [0.29, 0.717) is 12.8 Å². The predicted octanol–water partition coefficient (Wildman–Crippen LogP) is 0.390. The predicted molar refractivity (Wildman–Crippen MR) is 92.2 cm³/mol. The number of nitrogens with one attached hydrogen (secondary N) is 2. The monoisotopic (exact) mass is 347 g/mol. The van der Waals surface area contributed by atoms with Gasteiger partial charge in [0.25, 0.3) is 0 Å². The van der Waals surface area contributed by atoms with E-state index in [1.807, 2.05) is 20.8 Å². The third-order valence-corrected chi connectivity index (χ3v) is 4.50. The van der Waals surface area contributed by atoms with Gasteiger partial charge in [-0.1, -0.05) is 40.5 Å². The van der Waals surface area contributed by atoms with Crippen molar-refractivity contribution in [1.82, 2.24) is 10.6 Å². The summed E-state index contributed by atoms with van der Waals surface area (Å²) in [6.07, 6.45) is 1.26. The SMILES string of the molecule is CCC(C)C(NC(=O)C(NC(=O)C(N)CS)C(C)CC)C(=O)O. The van der Waals surface area contributed by atoms with E-state index in [2.05, 4.69) is 23.3 Å². The van der Waals surface area contributed by atoms with Crippen LogP contribution in [0.4, 0.5) is 0 Å². The average Bonchev–Trinajstić information content (AvgIpc) is 2.54. The molecule has 2 amide bonds. The Balaban J connectivity index is 5.13. The fraction of sp³-hybridized carbons (Fsp3) is 0.800. The second kappa shape index (κ2) is 10.5. The van der Waals surface area contributed by atoms with Gasteiger partial charge >= 0.3 is 5.97 Å². The first kappa shape index (κ1) is 21.7. The molecule has 0 aliphatic rings. The highest BCUT2D eigenvalue weighted by Gasteiger charge is 2.32. The van der Waals surface area contributed by atoms with E-state index in [1.165, 1.54) is 0 Å². The lowest BCUT2D eigenvalue weighted by atomic mass is 9.95. The number of aliphatic carboxylic acids is 1.